The zero-order valence-corrected chi connectivity index (χ0v) is 14.3. The van der Waals surface area contributed by atoms with Crippen LogP contribution >= 0.6 is 11.6 Å². The van der Waals surface area contributed by atoms with Crippen LogP contribution in [0.4, 0.5) is 5.69 Å². The summed E-state index contributed by atoms with van der Waals surface area (Å²) in [6.07, 6.45) is 0.838. The first-order chi connectivity index (χ1) is 12.0. The zero-order chi connectivity index (χ0) is 17.8. The summed E-state index contributed by atoms with van der Waals surface area (Å²) in [6, 6.07) is 14.1. The van der Waals surface area contributed by atoms with Crippen LogP contribution in [0, 0.1) is 10.1 Å². The lowest BCUT2D eigenvalue weighted by Gasteiger charge is -2.17. The number of nitro benzene ring substituents is 1. The second-order valence-corrected chi connectivity index (χ2v) is 6.51. The molecule has 0 spiro atoms. The minimum atomic E-state index is -0.537. The molecule has 1 aliphatic rings. The molecule has 1 aliphatic heterocycles. The molecule has 25 heavy (non-hydrogen) atoms. The van der Waals surface area contributed by atoms with Gasteiger partial charge in [-0.25, -0.2) is 0 Å². The van der Waals surface area contributed by atoms with Crippen molar-refractivity contribution in [3.05, 3.63) is 74.8 Å². The summed E-state index contributed by atoms with van der Waals surface area (Å²) in [5.74, 6) is -0.375. The third-order valence-electron chi connectivity index (χ3n) is 4.26. The summed E-state index contributed by atoms with van der Waals surface area (Å²) >= 11 is 6.02. The number of non-ortho nitro benzene ring substituents is 1. The first kappa shape index (κ1) is 17.4. The van der Waals surface area contributed by atoms with Crippen LogP contribution in [0.15, 0.2) is 48.5 Å². The normalized spacial score (nSPS) is 17.4. The molecule has 0 aromatic heterocycles. The summed E-state index contributed by atoms with van der Waals surface area (Å²) < 4.78 is 0. The lowest BCUT2D eigenvalue weighted by molar-refractivity contribution is -0.384. The number of hydrogen-bond acceptors (Lipinski definition) is 4. The molecule has 1 heterocycles. The van der Waals surface area contributed by atoms with Gasteiger partial charge in [0.15, 0.2) is 0 Å². The van der Waals surface area contributed by atoms with Gasteiger partial charge in [0.1, 0.15) is 0 Å². The number of carbonyl (C=O) groups excluding carboxylic acids is 1. The van der Waals surface area contributed by atoms with Gasteiger partial charge in [0, 0.05) is 37.8 Å². The first-order valence-corrected chi connectivity index (χ1v) is 8.42. The molecule has 130 valence electrons. The van der Waals surface area contributed by atoms with Crippen molar-refractivity contribution in [2.45, 2.75) is 19.0 Å². The highest BCUT2D eigenvalue weighted by atomic mass is 35.5. The number of nitro groups is 1. The third-order valence-corrected chi connectivity index (χ3v) is 4.59. The van der Waals surface area contributed by atoms with E-state index >= 15 is 0 Å². The quantitative estimate of drug-likeness (QED) is 0.656. The van der Waals surface area contributed by atoms with Gasteiger partial charge >= 0.3 is 0 Å². The molecular formula is C18H18ClN3O3. The number of carbonyl (C=O) groups is 1. The van der Waals surface area contributed by atoms with Crippen molar-refractivity contribution in [3.63, 3.8) is 0 Å². The molecule has 6 nitrogen and oxygen atoms in total. The van der Waals surface area contributed by atoms with Crippen molar-refractivity contribution in [3.8, 4) is 0 Å². The number of hydrogen-bond donors (Lipinski definition) is 1. The van der Waals surface area contributed by atoms with E-state index in [-0.39, 0.29) is 28.2 Å². The average molecular weight is 360 g/mol. The molecule has 0 radical (unpaired) electrons. The molecule has 2 aromatic rings. The van der Waals surface area contributed by atoms with E-state index in [0.717, 1.165) is 26.1 Å². The fraction of sp³-hybridized carbons (Fsp3) is 0.278. The Morgan fingerprint density at radius 1 is 1.28 bits per heavy atom. The first-order valence-electron chi connectivity index (χ1n) is 8.04. The van der Waals surface area contributed by atoms with Gasteiger partial charge in [0.05, 0.1) is 15.5 Å². The SMILES string of the molecule is O=C(NC1CCN(Cc2ccccc2)C1)c1cc([N+](=O)[O-])ccc1Cl. The minimum Gasteiger partial charge on any atom is -0.348 e. The van der Waals surface area contributed by atoms with Crippen LogP contribution < -0.4 is 5.32 Å². The maximum Gasteiger partial charge on any atom is 0.270 e. The molecule has 3 rings (SSSR count). The van der Waals surface area contributed by atoms with E-state index in [0.29, 0.717) is 0 Å². The fourth-order valence-electron chi connectivity index (χ4n) is 3.00. The fourth-order valence-corrected chi connectivity index (χ4v) is 3.20. The second kappa shape index (κ2) is 7.63. The number of benzene rings is 2. The molecule has 1 atom stereocenters. The van der Waals surface area contributed by atoms with E-state index in [1.54, 1.807) is 0 Å². The molecule has 0 aliphatic carbocycles. The molecule has 0 bridgehead atoms. The highest BCUT2D eigenvalue weighted by Crippen LogP contribution is 2.22. The Bertz CT molecular complexity index is 782. The molecule has 1 amide bonds. The average Bonchev–Trinajstić information content (AvgIpc) is 3.02. The largest absolute Gasteiger partial charge is 0.348 e. The Balaban J connectivity index is 1.61. The Morgan fingerprint density at radius 3 is 2.76 bits per heavy atom. The van der Waals surface area contributed by atoms with Gasteiger partial charge in [-0.3, -0.25) is 19.8 Å². The maximum absolute atomic E-state index is 12.4. The van der Waals surface area contributed by atoms with Crippen LogP contribution in [0.2, 0.25) is 5.02 Å². The second-order valence-electron chi connectivity index (χ2n) is 6.10. The lowest BCUT2D eigenvalue weighted by Crippen LogP contribution is -2.37. The highest BCUT2D eigenvalue weighted by Gasteiger charge is 2.25. The topological polar surface area (TPSA) is 75.5 Å². The summed E-state index contributed by atoms with van der Waals surface area (Å²) in [4.78, 5) is 25.0. The van der Waals surface area contributed by atoms with Gasteiger partial charge in [-0.05, 0) is 18.1 Å². The highest BCUT2D eigenvalue weighted by molar-refractivity contribution is 6.33. The molecule has 1 saturated heterocycles. The van der Waals surface area contributed by atoms with Crippen LogP contribution in [0.5, 0.6) is 0 Å². The van der Waals surface area contributed by atoms with Crippen LogP contribution in [0.1, 0.15) is 22.3 Å². The standard InChI is InChI=1S/C18H18ClN3O3/c19-17-7-6-15(22(24)25)10-16(17)18(23)20-14-8-9-21(12-14)11-13-4-2-1-3-5-13/h1-7,10,14H,8-9,11-12H2,(H,20,23). The number of halogens is 1. The molecule has 1 N–H and O–H groups in total. The van der Waals surface area contributed by atoms with E-state index in [9.17, 15) is 14.9 Å². The van der Waals surface area contributed by atoms with Crippen LogP contribution in [0.25, 0.3) is 0 Å². The number of amides is 1. The third kappa shape index (κ3) is 4.35. The van der Waals surface area contributed by atoms with Crippen molar-refractivity contribution in [1.29, 1.82) is 0 Å². The van der Waals surface area contributed by atoms with Gasteiger partial charge in [-0.15, -0.1) is 0 Å². The lowest BCUT2D eigenvalue weighted by atomic mass is 10.1. The monoisotopic (exact) mass is 359 g/mol. The molecule has 1 fully saturated rings. The van der Waals surface area contributed by atoms with Crippen LogP contribution in [0.3, 0.4) is 0 Å². The molecule has 2 aromatic carbocycles. The van der Waals surface area contributed by atoms with E-state index in [2.05, 4.69) is 22.3 Å². The van der Waals surface area contributed by atoms with E-state index in [4.69, 9.17) is 11.6 Å². The predicted molar refractivity (Wildman–Crippen MR) is 95.7 cm³/mol. The van der Waals surface area contributed by atoms with Crippen molar-refractivity contribution in [1.82, 2.24) is 10.2 Å². The summed E-state index contributed by atoms with van der Waals surface area (Å²) in [6.45, 7) is 2.47. The van der Waals surface area contributed by atoms with Crippen molar-refractivity contribution in [2.24, 2.45) is 0 Å². The van der Waals surface area contributed by atoms with Crippen molar-refractivity contribution in [2.75, 3.05) is 13.1 Å². The smallest absolute Gasteiger partial charge is 0.270 e. The maximum atomic E-state index is 12.4. The molecule has 1 unspecified atom stereocenters. The molecule has 7 heteroatoms. The van der Waals surface area contributed by atoms with Gasteiger partial charge in [0.25, 0.3) is 11.6 Å². The number of nitrogens with one attached hydrogen (secondary N) is 1. The summed E-state index contributed by atoms with van der Waals surface area (Å²) in [5, 5.41) is 14.0. The zero-order valence-electron chi connectivity index (χ0n) is 13.5. The van der Waals surface area contributed by atoms with Gasteiger partial charge in [0.2, 0.25) is 0 Å². The van der Waals surface area contributed by atoms with Crippen LogP contribution in [-0.2, 0) is 6.54 Å². The minimum absolute atomic E-state index is 0.00606. The van der Waals surface area contributed by atoms with Gasteiger partial charge in [-0.2, -0.15) is 0 Å². The predicted octanol–water partition coefficient (Wildman–Crippen LogP) is 3.25. The Hall–Kier alpha value is -2.44. The summed E-state index contributed by atoms with van der Waals surface area (Å²) in [5.41, 5.74) is 1.22. The Labute approximate surface area is 150 Å². The Morgan fingerprint density at radius 2 is 2.04 bits per heavy atom. The van der Waals surface area contributed by atoms with E-state index in [1.165, 1.54) is 23.8 Å². The number of nitrogens with zero attached hydrogens (tertiary/aromatic N) is 2. The van der Waals surface area contributed by atoms with E-state index < -0.39 is 4.92 Å². The Kier molecular flexibility index (Phi) is 5.31. The van der Waals surface area contributed by atoms with Gasteiger partial charge in [-0.1, -0.05) is 41.9 Å². The number of rotatable bonds is 5. The summed E-state index contributed by atoms with van der Waals surface area (Å²) in [7, 11) is 0. The van der Waals surface area contributed by atoms with Crippen molar-refractivity contribution >= 4 is 23.2 Å². The van der Waals surface area contributed by atoms with E-state index in [1.807, 2.05) is 18.2 Å². The van der Waals surface area contributed by atoms with Gasteiger partial charge < -0.3 is 5.32 Å². The molecule has 0 saturated carbocycles. The molecular weight excluding hydrogens is 342 g/mol. The van der Waals surface area contributed by atoms with Crippen LogP contribution in [-0.4, -0.2) is 34.9 Å². The van der Waals surface area contributed by atoms with Crippen molar-refractivity contribution < 1.29 is 9.72 Å². The number of likely N-dealkylation sites (tertiary alicyclic amines) is 1.